The number of aromatic amines is 1. The van der Waals surface area contributed by atoms with Crippen molar-refractivity contribution in [3.8, 4) is 11.4 Å². The van der Waals surface area contributed by atoms with Gasteiger partial charge < -0.3 is 4.98 Å². The van der Waals surface area contributed by atoms with Crippen molar-refractivity contribution in [2.45, 2.75) is 0 Å². The van der Waals surface area contributed by atoms with E-state index >= 15 is 0 Å². The first-order chi connectivity index (χ1) is 8.63. The summed E-state index contributed by atoms with van der Waals surface area (Å²) in [6.07, 6.45) is 0. The Hall–Kier alpha value is -1.03. The second-order valence-electron chi connectivity index (χ2n) is 3.88. The fourth-order valence-corrected chi connectivity index (χ4v) is 2.43. The van der Waals surface area contributed by atoms with Gasteiger partial charge in [-0.15, -0.1) is 0 Å². The van der Waals surface area contributed by atoms with Crippen LogP contribution in [0, 0.1) is 0 Å². The maximum absolute atomic E-state index is 5.97. The molecular weight excluding hydrogens is 335 g/mol. The summed E-state index contributed by atoms with van der Waals surface area (Å²) in [6.45, 7) is 0. The van der Waals surface area contributed by atoms with E-state index in [4.69, 9.17) is 23.2 Å². The van der Waals surface area contributed by atoms with Crippen LogP contribution in [0.15, 0.2) is 40.9 Å². The molecule has 0 spiro atoms. The number of imidazole rings is 1. The normalized spacial score (nSPS) is 11.1. The number of nitrogens with zero attached hydrogens (tertiary/aromatic N) is 1. The molecule has 0 bridgehead atoms. The Balaban J connectivity index is 2.16. The average Bonchev–Trinajstić information content (AvgIpc) is 2.75. The summed E-state index contributed by atoms with van der Waals surface area (Å²) in [5.41, 5.74) is 2.78. The van der Waals surface area contributed by atoms with E-state index in [9.17, 15) is 0 Å². The van der Waals surface area contributed by atoms with E-state index in [1.807, 2.05) is 36.4 Å². The van der Waals surface area contributed by atoms with Crippen LogP contribution in [-0.2, 0) is 0 Å². The monoisotopic (exact) mass is 340 g/mol. The van der Waals surface area contributed by atoms with Gasteiger partial charge in [0.15, 0.2) is 0 Å². The molecule has 18 heavy (non-hydrogen) atoms. The van der Waals surface area contributed by atoms with Crippen molar-refractivity contribution in [2.75, 3.05) is 0 Å². The molecule has 0 saturated heterocycles. The molecule has 5 heteroatoms. The zero-order chi connectivity index (χ0) is 12.7. The highest BCUT2D eigenvalue weighted by Gasteiger charge is 2.07. The quantitative estimate of drug-likeness (QED) is 0.639. The van der Waals surface area contributed by atoms with Crippen LogP contribution in [0.1, 0.15) is 0 Å². The van der Waals surface area contributed by atoms with Crippen LogP contribution < -0.4 is 0 Å². The molecule has 0 aliphatic carbocycles. The predicted molar refractivity (Wildman–Crippen MR) is 79.2 cm³/mol. The van der Waals surface area contributed by atoms with E-state index in [-0.39, 0.29) is 0 Å². The Morgan fingerprint density at radius 1 is 1.06 bits per heavy atom. The van der Waals surface area contributed by atoms with Gasteiger partial charge in [-0.3, -0.25) is 0 Å². The summed E-state index contributed by atoms with van der Waals surface area (Å²) in [5.74, 6) is 0.796. The van der Waals surface area contributed by atoms with Crippen molar-refractivity contribution >= 4 is 50.2 Å². The zero-order valence-corrected chi connectivity index (χ0v) is 12.1. The third-order valence-electron chi connectivity index (χ3n) is 2.64. The molecule has 90 valence electrons. The zero-order valence-electron chi connectivity index (χ0n) is 9.05. The van der Waals surface area contributed by atoms with E-state index in [2.05, 4.69) is 25.9 Å². The third kappa shape index (κ3) is 2.14. The molecule has 0 atom stereocenters. The van der Waals surface area contributed by atoms with Gasteiger partial charge in [-0.1, -0.05) is 23.2 Å². The van der Waals surface area contributed by atoms with Crippen LogP contribution in [0.5, 0.6) is 0 Å². The largest absolute Gasteiger partial charge is 0.338 e. The van der Waals surface area contributed by atoms with Gasteiger partial charge in [0.1, 0.15) is 5.82 Å². The lowest BCUT2D eigenvalue weighted by Crippen LogP contribution is -1.80. The first kappa shape index (κ1) is 12.0. The van der Waals surface area contributed by atoms with Crippen molar-refractivity contribution in [3.63, 3.8) is 0 Å². The molecule has 1 N–H and O–H groups in total. The first-order valence-corrected chi connectivity index (χ1v) is 6.79. The molecule has 2 nitrogen and oxygen atoms in total. The van der Waals surface area contributed by atoms with Gasteiger partial charge >= 0.3 is 0 Å². The molecule has 2 aromatic carbocycles. The Morgan fingerprint density at radius 2 is 1.89 bits per heavy atom. The highest BCUT2D eigenvalue weighted by molar-refractivity contribution is 9.10. The highest BCUT2D eigenvalue weighted by Crippen LogP contribution is 2.29. The molecule has 1 heterocycles. The van der Waals surface area contributed by atoms with Gasteiger partial charge in [-0.2, -0.15) is 0 Å². The average molecular weight is 342 g/mol. The molecule has 0 aliphatic rings. The minimum Gasteiger partial charge on any atom is -0.338 e. The lowest BCUT2D eigenvalue weighted by molar-refractivity contribution is 1.33. The van der Waals surface area contributed by atoms with Crippen LogP contribution >= 0.6 is 39.1 Å². The van der Waals surface area contributed by atoms with E-state index in [0.717, 1.165) is 26.9 Å². The fourth-order valence-electron chi connectivity index (χ4n) is 1.76. The number of rotatable bonds is 1. The summed E-state index contributed by atoms with van der Waals surface area (Å²) in [6, 6.07) is 11.3. The Labute approximate surface area is 122 Å². The van der Waals surface area contributed by atoms with Gasteiger partial charge in [0.25, 0.3) is 0 Å². The number of H-pyrrole nitrogens is 1. The molecule has 0 saturated carbocycles. The second-order valence-corrected chi connectivity index (χ2v) is 5.57. The minimum absolute atomic E-state index is 0.679. The third-order valence-corrected chi connectivity index (χ3v) is 4.09. The van der Waals surface area contributed by atoms with Crippen LogP contribution in [0.4, 0.5) is 0 Å². The first-order valence-electron chi connectivity index (χ1n) is 5.24. The number of nitrogens with one attached hydrogen (secondary N) is 1. The minimum atomic E-state index is 0.679. The smallest absolute Gasteiger partial charge is 0.138 e. The molecule has 3 aromatic rings. The predicted octanol–water partition coefficient (Wildman–Crippen LogP) is 5.30. The van der Waals surface area contributed by atoms with E-state index < -0.39 is 0 Å². The number of aromatic nitrogens is 2. The lowest BCUT2D eigenvalue weighted by Gasteiger charge is -1.99. The lowest BCUT2D eigenvalue weighted by atomic mass is 10.2. The van der Waals surface area contributed by atoms with Crippen molar-refractivity contribution in [1.82, 2.24) is 9.97 Å². The molecule has 0 unspecified atom stereocenters. The molecule has 0 aliphatic heterocycles. The van der Waals surface area contributed by atoms with E-state index in [1.165, 1.54) is 0 Å². The Kier molecular flexibility index (Phi) is 3.06. The van der Waals surface area contributed by atoms with Gasteiger partial charge in [-0.25, -0.2) is 4.98 Å². The molecule has 0 radical (unpaired) electrons. The number of benzene rings is 2. The number of hydrogen-bond acceptors (Lipinski definition) is 1. The molecule has 1 aromatic heterocycles. The maximum Gasteiger partial charge on any atom is 0.138 e. The SMILES string of the molecule is Clc1ccc2nc(-c3ccc(Cl)c(Br)c3)[nH]c2c1. The molecule has 0 amide bonds. The summed E-state index contributed by atoms with van der Waals surface area (Å²) >= 11 is 15.3. The highest BCUT2D eigenvalue weighted by atomic mass is 79.9. The molecular formula is C13H7BrCl2N2. The number of halogens is 3. The van der Waals surface area contributed by atoms with Crippen molar-refractivity contribution in [1.29, 1.82) is 0 Å². The van der Waals surface area contributed by atoms with Gasteiger partial charge in [0, 0.05) is 15.1 Å². The molecule has 0 fully saturated rings. The van der Waals surface area contributed by atoms with E-state index in [1.54, 1.807) is 0 Å². The number of fused-ring (bicyclic) bond motifs is 1. The van der Waals surface area contributed by atoms with Crippen LogP contribution in [0.2, 0.25) is 10.0 Å². The number of hydrogen-bond donors (Lipinski definition) is 1. The standard InChI is InChI=1S/C13H7BrCl2N2/c14-9-5-7(1-3-10(9)16)13-17-11-4-2-8(15)6-12(11)18-13/h1-6H,(H,17,18). The Bertz CT molecular complexity index is 737. The van der Waals surface area contributed by atoms with Crippen molar-refractivity contribution < 1.29 is 0 Å². The van der Waals surface area contributed by atoms with Gasteiger partial charge in [0.2, 0.25) is 0 Å². The Morgan fingerprint density at radius 3 is 2.67 bits per heavy atom. The van der Waals surface area contributed by atoms with E-state index in [0.29, 0.717) is 10.0 Å². The summed E-state index contributed by atoms with van der Waals surface area (Å²) in [7, 11) is 0. The summed E-state index contributed by atoms with van der Waals surface area (Å²) < 4.78 is 0.847. The van der Waals surface area contributed by atoms with Crippen LogP contribution in [0.25, 0.3) is 22.4 Å². The summed E-state index contributed by atoms with van der Waals surface area (Å²) in [5, 5.41) is 1.37. The summed E-state index contributed by atoms with van der Waals surface area (Å²) in [4.78, 5) is 7.76. The fraction of sp³-hybridized carbons (Fsp3) is 0. The molecule has 3 rings (SSSR count). The maximum atomic E-state index is 5.97. The van der Waals surface area contributed by atoms with Crippen LogP contribution in [0.3, 0.4) is 0 Å². The van der Waals surface area contributed by atoms with Crippen molar-refractivity contribution in [3.05, 3.63) is 50.9 Å². The van der Waals surface area contributed by atoms with Crippen molar-refractivity contribution in [2.24, 2.45) is 0 Å². The van der Waals surface area contributed by atoms with Crippen LogP contribution in [-0.4, -0.2) is 9.97 Å². The van der Waals surface area contributed by atoms with Gasteiger partial charge in [0.05, 0.1) is 16.1 Å². The second kappa shape index (κ2) is 4.57. The van der Waals surface area contributed by atoms with Gasteiger partial charge in [-0.05, 0) is 52.3 Å². The topological polar surface area (TPSA) is 28.7 Å².